The summed E-state index contributed by atoms with van der Waals surface area (Å²) in [6.45, 7) is 0.634. The number of nitrogens with zero attached hydrogens (tertiary/aromatic N) is 5. The zero-order valence-corrected chi connectivity index (χ0v) is 21.0. The van der Waals surface area contributed by atoms with Gasteiger partial charge in [-0.05, 0) is 29.7 Å². The highest BCUT2D eigenvalue weighted by atomic mass is 19.1. The van der Waals surface area contributed by atoms with Gasteiger partial charge in [0.1, 0.15) is 17.9 Å². The minimum Gasteiger partial charge on any atom is -0.477 e. The Morgan fingerprint density at radius 1 is 1.15 bits per heavy atom. The highest BCUT2D eigenvalue weighted by Gasteiger charge is 2.33. The lowest BCUT2D eigenvalue weighted by Crippen LogP contribution is -2.25. The Balaban J connectivity index is 1.31. The van der Waals surface area contributed by atoms with Crippen molar-refractivity contribution < 1.29 is 19.4 Å². The summed E-state index contributed by atoms with van der Waals surface area (Å²) in [6, 6.07) is 15.2. The van der Waals surface area contributed by atoms with E-state index in [1.807, 2.05) is 48.7 Å². The minimum atomic E-state index is -1.35. The molecule has 39 heavy (non-hydrogen) atoms. The molecular formula is C29H26FN5O4. The van der Waals surface area contributed by atoms with Gasteiger partial charge in [0.05, 0.1) is 11.9 Å². The number of hydrogen-bond acceptors (Lipinski definition) is 7. The summed E-state index contributed by atoms with van der Waals surface area (Å²) in [7, 11) is 0. The molecule has 9 nitrogen and oxygen atoms in total. The van der Waals surface area contributed by atoms with E-state index in [0.29, 0.717) is 18.8 Å². The van der Waals surface area contributed by atoms with Gasteiger partial charge < -0.3 is 19.7 Å². The number of aliphatic imine (C=N–C) groups is 2. The third-order valence-corrected chi connectivity index (χ3v) is 7.33. The quantitative estimate of drug-likeness (QED) is 0.354. The van der Waals surface area contributed by atoms with Crippen LogP contribution in [0, 0.1) is 11.7 Å². The molecular weight excluding hydrogens is 501 g/mol. The molecule has 0 spiro atoms. The Kier molecular flexibility index (Phi) is 6.40. The summed E-state index contributed by atoms with van der Waals surface area (Å²) < 4.78 is 17.1. The first-order valence-corrected chi connectivity index (χ1v) is 12.8. The van der Waals surface area contributed by atoms with Crippen LogP contribution in [-0.2, 0) is 0 Å². The lowest BCUT2D eigenvalue weighted by molar-refractivity contribution is 0.0694. The first-order chi connectivity index (χ1) is 18.9. The number of carboxylic acid groups (broad SMARTS) is 1. The van der Waals surface area contributed by atoms with E-state index in [0.717, 1.165) is 35.2 Å². The second-order valence-electron chi connectivity index (χ2n) is 9.91. The van der Waals surface area contributed by atoms with Gasteiger partial charge in [0.2, 0.25) is 5.43 Å². The summed E-state index contributed by atoms with van der Waals surface area (Å²) in [5.41, 5.74) is 0.796. The van der Waals surface area contributed by atoms with Crippen molar-refractivity contribution in [3.63, 3.8) is 0 Å². The summed E-state index contributed by atoms with van der Waals surface area (Å²) in [6.07, 6.45) is 4.80. The van der Waals surface area contributed by atoms with Crippen LogP contribution in [0.25, 0.3) is 21.8 Å². The maximum absolute atomic E-state index is 15.4. The number of pyridine rings is 2. The maximum Gasteiger partial charge on any atom is 0.341 e. The molecule has 1 aliphatic heterocycles. The molecule has 2 N–H and O–H groups in total. The molecule has 0 amide bonds. The highest BCUT2D eigenvalue weighted by molar-refractivity contribution is 6.00. The van der Waals surface area contributed by atoms with Crippen molar-refractivity contribution in [1.29, 1.82) is 0 Å². The largest absolute Gasteiger partial charge is 0.477 e. The van der Waals surface area contributed by atoms with Crippen LogP contribution in [0.3, 0.4) is 0 Å². The number of aromatic carboxylic acids is 1. The third kappa shape index (κ3) is 4.67. The Morgan fingerprint density at radius 2 is 1.95 bits per heavy atom. The predicted molar refractivity (Wildman–Crippen MR) is 148 cm³/mol. The van der Waals surface area contributed by atoms with Gasteiger partial charge in [-0.2, -0.15) is 0 Å². The topological polar surface area (TPSA) is 120 Å². The Morgan fingerprint density at radius 3 is 2.72 bits per heavy atom. The number of rotatable bonds is 7. The van der Waals surface area contributed by atoms with Crippen LogP contribution in [0.15, 0.2) is 69.5 Å². The van der Waals surface area contributed by atoms with E-state index in [4.69, 9.17) is 0 Å². The average Bonchev–Trinajstić information content (AvgIpc) is 3.70. The molecule has 2 aromatic heterocycles. The van der Waals surface area contributed by atoms with Crippen molar-refractivity contribution in [3.8, 4) is 0 Å². The Labute approximate surface area is 222 Å². The summed E-state index contributed by atoms with van der Waals surface area (Å²) in [5.74, 6) is -2.17. The van der Waals surface area contributed by atoms with Crippen molar-refractivity contribution in [3.05, 3.63) is 81.9 Å². The summed E-state index contributed by atoms with van der Waals surface area (Å²) >= 11 is 0. The zero-order valence-electron chi connectivity index (χ0n) is 21.0. The van der Waals surface area contributed by atoms with Gasteiger partial charge in [0.25, 0.3) is 0 Å². The summed E-state index contributed by atoms with van der Waals surface area (Å²) in [4.78, 5) is 39.6. The Hall–Kier alpha value is -4.44. The van der Waals surface area contributed by atoms with E-state index in [1.54, 1.807) is 9.47 Å². The zero-order chi connectivity index (χ0) is 27.1. The molecule has 3 heterocycles. The van der Waals surface area contributed by atoms with Crippen LogP contribution in [0.1, 0.15) is 34.8 Å². The van der Waals surface area contributed by atoms with Gasteiger partial charge in [-0.25, -0.2) is 14.2 Å². The second-order valence-corrected chi connectivity index (χ2v) is 9.91. The SMILES string of the molecule is O=C(O)c1cn(C2CC2)c2nc(N3CC(=NCO)C(CN=Cc4cccc5ccccc45)C3)c(F)cc2c1=O. The van der Waals surface area contributed by atoms with E-state index in [-0.39, 0.29) is 42.1 Å². The molecule has 198 valence electrons. The second kappa shape index (κ2) is 10.0. The molecule has 2 aromatic carbocycles. The summed E-state index contributed by atoms with van der Waals surface area (Å²) in [5, 5.41) is 21.1. The molecule has 2 fully saturated rings. The fourth-order valence-corrected chi connectivity index (χ4v) is 5.24. The van der Waals surface area contributed by atoms with Crippen LogP contribution in [0.5, 0.6) is 0 Å². The van der Waals surface area contributed by atoms with Gasteiger partial charge in [0, 0.05) is 48.7 Å². The normalized spacial score (nSPS) is 18.7. The highest BCUT2D eigenvalue weighted by Crippen LogP contribution is 2.37. The van der Waals surface area contributed by atoms with Crippen LogP contribution >= 0.6 is 0 Å². The number of carbonyl (C=O) groups is 1. The van der Waals surface area contributed by atoms with Crippen LogP contribution < -0.4 is 10.3 Å². The number of benzene rings is 2. The van der Waals surface area contributed by atoms with E-state index in [1.165, 1.54) is 6.20 Å². The first-order valence-electron chi connectivity index (χ1n) is 12.8. The van der Waals surface area contributed by atoms with E-state index in [2.05, 4.69) is 15.0 Å². The Bertz CT molecular complexity index is 1720. The van der Waals surface area contributed by atoms with Crippen molar-refractivity contribution in [2.75, 3.05) is 31.3 Å². The molecule has 1 saturated carbocycles. The number of carboxylic acids is 1. The van der Waals surface area contributed by atoms with Gasteiger partial charge in [-0.3, -0.25) is 14.8 Å². The first kappa shape index (κ1) is 24.9. The standard InChI is InChI=1S/C29H26FN5O4/c30-24-10-22-26(37)23(29(38)39)14-35(20-8-9-20)27(22)33-28(24)34-13-19(25(15-34)32-16-36)12-31-11-18-6-3-5-17-4-1-2-7-21(17)18/h1-7,10-11,14,19-20,36H,8-9,12-13,15-16H2,(H,38,39). The third-order valence-electron chi connectivity index (χ3n) is 7.33. The lowest BCUT2D eigenvalue weighted by atomic mass is 10.1. The number of aromatic nitrogens is 2. The van der Waals surface area contributed by atoms with Crippen LogP contribution in [0.2, 0.25) is 0 Å². The molecule has 1 atom stereocenters. The molecule has 10 heteroatoms. The van der Waals surface area contributed by atoms with Crippen molar-refractivity contribution in [2.24, 2.45) is 15.9 Å². The molecule has 0 radical (unpaired) electrons. The lowest BCUT2D eigenvalue weighted by Gasteiger charge is -2.19. The van der Waals surface area contributed by atoms with Crippen molar-refractivity contribution in [1.82, 2.24) is 9.55 Å². The van der Waals surface area contributed by atoms with Gasteiger partial charge in [-0.1, -0.05) is 42.5 Å². The van der Waals surface area contributed by atoms with Crippen molar-refractivity contribution in [2.45, 2.75) is 18.9 Å². The van der Waals surface area contributed by atoms with Gasteiger partial charge in [0.15, 0.2) is 11.6 Å². The van der Waals surface area contributed by atoms with E-state index in [9.17, 15) is 19.8 Å². The predicted octanol–water partition coefficient (Wildman–Crippen LogP) is 3.67. The number of aliphatic hydroxyl groups excluding tert-OH is 1. The molecule has 2 aliphatic rings. The fourth-order valence-electron chi connectivity index (χ4n) is 5.24. The molecule has 0 bridgehead atoms. The molecule has 1 saturated heterocycles. The van der Waals surface area contributed by atoms with E-state index >= 15 is 4.39 Å². The molecule has 1 aliphatic carbocycles. The van der Waals surface area contributed by atoms with Crippen LogP contribution in [-0.4, -0.2) is 64.0 Å². The smallest absolute Gasteiger partial charge is 0.341 e. The number of aliphatic hydroxyl groups is 1. The van der Waals surface area contributed by atoms with Crippen LogP contribution in [0.4, 0.5) is 10.2 Å². The molecule has 4 aromatic rings. The average molecular weight is 528 g/mol. The van der Waals surface area contributed by atoms with Gasteiger partial charge in [-0.15, -0.1) is 0 Å². The fraction of sp³-hybridized carbons (Fsp3) is 0.276. The van der Waals surface area contributed by atoms with Crippen molar-refractivity contribution >= 4 is 45.5 Å². The molecule has 6 rings (SSSR count). The number of hydrogen-bond donors (Lipinski definition) is 2. The number of halogens is 1. The monoisotopic (exact) mass is 527 g/mol. The van der Waals surface area contributed by atoms with E-state index < -0.39 is 22.8 Å². The minimum absolute atomic E-state index is 0.0262. The molecule has 1 unspecified atom stereocenters. The maximum atomic E-state index is 15.4. The van der Waals surface area contributed by atoms with Gasteiger partial charge >= 0.3 is 5.97 Å². The number of fused-ring (bicyclic) bond motifs is 2. The number of anilines is 1.